The highest BCUT2D eigenvalue weighted by Gasteiger charge is 2.05. The monoisotopic (exact) mass is 402 g/mol. The normalized spacial score (nSPS) is 10.7. The van der Waals surface area contributed by atoms with Crippen molar-refractivity contribution in [2.75, 3.05) is 0 Å². The molecule has 27 heavy (non-hydrogen) atoms. The lowest BCUT2D eigenvalue weighted by Crippen LogP contribution is -2.23. The highest BCUT2D eigenvalue weighted by molar-refractivity contribution is 8.06. The van der Waals surface area contributed by atoms with E-state index in [1.165, 1.54) is 0 Å². The number of imidazole rings is 1. The van der Waals surface area contributed by atoms with Crippen LogP contribution in [-0.4, -0.2) is 4.57 Å². The Morgan fingerprint density at radius 1 is 1.04 bits per heavy atom. The quantitative estimate of drug-likeness (QED) is 0.449. The van der Waals surface area contributed by atoms with E-state index in [-0.39, 0.29) is 13.2 Å². The summed E-state index contributed by atoms with van der Waals surface area (Å²) < 4.78 is 14.2. The van der Waals surface area contributed by atoms with Crippen LogP contribution in [0.15, 0.2) is 86.0 Å². The Morgan fingerprint density at radius 3 is 1.85 bits per heavy atom. The van der Waals surface area contributed by atoms with Crippen molar-refractivity contribution in [1.82, 2.24) is 4.57 Å². The SMILES string of the molecule is C=Cn1cc[n+](C)c1.[O-]P(=S)(OCc1ccccc1)OCc1ccccc1. The van der Waals surface area contributed by atoms with Crippen LogP contribution in [-0.2, 0) is 41.1 Å². The third kappa shape index (κ3) is 8.43. The van der Waals surface area contributed by atoms with Gasteiger partial charge in [-0.05, 0) is 11.1 Å². The van der Waals surface area contributed by atoms with E-state index in [1.807, 2.05) is 95.6 Å². The van der Waals surface area contributed by atoms with E-state index in [2.05, 4.69) is 6.58 Å². The van der Waals surface area contributed by atoms with Gasteiger partial charge in [0.15, 0.2) is 0 Å². The van der Waals surface area contributed by atoms with E-state index in [0.29, 0.717) is 0 Å². The maximum atomic E-state index is 11.9. The van der Waals surface area contributed by atoms with Crippen molar-refractivity contribution in [3.63, 3.8) is 0 Å². The zero-order valence-corrected chi connectivity index (χ0v) is 16.9. The van der Waals surface area contributed by atoms with Crippen LogP contribution in [0.3, 0.4) is 0 Å². The van der Waals surface area contributed by atoms with Gasteiger partial charge in [0.05, 0.1) is 26.5 Å². The average Bonchev–Trinajstić information content (AvgIpc) is 3.13. The van der Waals surface area contributed by atoms with E-state index in [0.717, 1.165) is 11.1 Å². The van der Waals surface area contributed by atoms with E-state index in [4.69, 9.17) is 20.9 Å². The molecule has 0 saturated heterocycles. The van der Waals surface area contributed by atoms with E-state index >= 15 is 0 Å². The number of rotatable bonds is 7. The molecule has 0 saturated carbocycles. The molecule has 0 fully saturated rings. The van der Waals surface area contributed by atoms with Crippen molar-refractivity contribution < 1.29 is 18.5 Å². The fourth-order valence-electron chi connectivity index (χ4n) is 2.07. The van der Waals surface area contributed by atoms with Gasteiger partial charge in [-0.2, -0.15) is 0 Å². The van der Waals surface area contributed by atoms with Crippen molar-refractivity contribution in [3.05, 3.63) is 97.1 Å². The molecule has 0 aliphatic rings. The standard InChI is InChI=1S/C14H15O3PS.C6H9N2/c15-18(19,16-11-13-7-3-1-4-8-13)17-12-14-9-5-2-6-10-14;1-3-8-5-4-7(2)6-8/h1-10H,11-12H2,(H,15,19);3-6H,1H2,2H3/q;+1/p-1. The minimum Gasteiger partial charge on any atom is -0.780 e. The Bertz CT molecular complexity index is 822. The van der Waals surface area contributed by atoms with Crippen molar-refractivity contribution in [2.45, 2.75) is 13.2 Å². The number of aromatic nitrogens is 2. The molecule has 0 aliphatic carbocycles. The summed E-state index contributed by atoms with van der Waals surface area (Å²) in [4.78, 5) is 11.9. The molecule has 0 N–H and O–H groups in total. The van der Waals surface area contributed by atoms with Crippen LogP contribution in [0.5, 0.6) is 0 Å². The number of nitrogens with zero attached hydrogens (tertiary/aromatic N) is 2. The molecule has 1 heterocycles. The van der Waals surface area contributed by atoms with Crippen LogP contribution >= 0.6 is 6.72 Å². The first-order valence-corrected chi connectivity index (χ1v) is 10.9. The van der Waals surface area contributed by atoms with Crippen molar-refractivity contribution in [2.24, 2.45) is 7.05 Å². The van der Waals surface area contributed by atoms with Crippen molar-refractivity contribution in [1.29, 1.82) is 0 Å². The summed E-state index contributed by atoms with van der Waals surface area (Å²) in [6, 6.07) is 18.9. The molecule has 2 aromatic carbocycles. The van der Waals surface area contributed by atoms with Gasteiger partial charge >= 0.3 is 0 Å². The second-order valence-electron chi connectivity index (χ2n) is 5.67. The smallest absolute Gasteiger partial charge is 0.248 e. The second kappa shape index (κ2) is 10.9. The molecule has 3 aromatic rings. The lowest BCUT2D eigenvalue weighted by molar-refractivity contribution is -0.670. The zero-order valence-electron chi connectivity index (χ0n) is 15.2. The molecule has 0 bridgehead atoms. The molecule has 142 valence electrons. The summed E-state index contributed by atoms with van der Waals surface area (Å²) in [5, 5.41) is 0. The third-order valence-corrected chi connectivity index (χ3v) is 4.99. The largest absolute Gasteiger partial charge is 0.780 e. The zero-order chi connectivity index (χ0) is 19.5. The average molecular weight is 402 g/mol. The fraction of sp³-hybridized carbons (Fsp3) is 0.150. The molecule has 7 heteroatoms. The highest BCUT2D eigenvalue weighted by atomic mass is 32.5. The molecule has 3 rings (SSSR count). The van der Waals surface area contributed by atoms with E-state index in [9.17, 15) is 4.89 Å². The van der Waals surface area contributed by atoms with Gasteiger partial charge in [0.25, 0.3) is 0 Å². The number of hydrogen-bond acceptors (Lipinski definition) is 4. The van der Waals surface area contributed by atoms with Crippen LogP contribution in [0.4, 0.5) is 0 Å². The Hall–Kier alpha value is -2.08. The maximum absolute atomic E-state index is 11.9. The summed E-state index contributed by atoms with van der Waals surface area (Å²) in [6.45, 7) is 0.536. The number of hydrogen-bond donors (Lipinski definition) is 0. The molecule has 0 radical (unpaired) electrons. The van der Waals surface area contributed by atoms with Gasteiger partial charge in [-0.1, -0.05) is 79.0 Å². The van der Waals surface area contributed by atoms with Crippen molar-refractivity contribution >= 4 is 24.7 Å². The van der Waals surface area contributed by atoms with Crippen LogP contribution in [0.2, 0.25) is 0 Å². The Kier molecular flexibility index (Phi) is 8.58. The molecular weight excluding hydrogens is 379 g/mol. The number of aryl methyl sites for hydroxylation is 1. The van der Waals surface area contributed by atoms with Crippen molar-refractivity contribution in [3.8, 4) is 0 Å². The van der Waals surface area contributed by atoms with Gasteiger partial charge in [-0.25, -0.2) is 9.13 Å². The minimum atomic E-state index is -3.44. The van der Waals surface area contributed by atoms with E-state index in [1.54, 1.807) is 6.20 Å². The Labute approximate surface area is 165 Å². The summed E-state index contributed by atoms with van der Waals surface area (Å²) in [5.41, 5.74) is 1.83. The topological polar surface area (TPSA) is 50.3 Å². The fourth-order valence-corrected chi connectivity index (χ4v) is 3.08. The van der Waals surface area contributed by atoms with Gasteiger partial charge in [0.1, 0.15) is 19.1 Å². The van der Waals surface area contributed by atoms with Gasteiger partial charge < -0.3 is 13.9 Å². The Balaban J connectivity index is 0.000000273. The minimum absolute atomic E-state index is 0.191. The van der Waals surface area contributed by atoms with Gasteiger partial charge in [0.2, 0.25) is 6.33 Å². The molecule has 0 amide bonds. The maximum Gasteiger partial charge on any atom is 0.248 e. The molecule has 1 aromatic heterocycles. The lowest BCUT2D eigenvalue weighted by atomic mass is 10.2. The van der Waals surface area contributed by atoms with E-state index < -0.39 is 6.72 Å². The first-order valence-electron chi connectivity index (χ1n) is 8.32. The Morgan fingerprint density at radius 2 is 1.52 bits per heavy atom. The predicted octanol–water partition coefficient (Wildman–Crippen LogP) is 3.42. The summed E-state index contributed by atoms with van der Waals surface area (Å²) >= 11 is 4.85. The van der Waals surface area contributed by atoms with Gasteiger partial charge in [-0.15, -0.1) is 0 Å². The first-order chi connectivity index (χ1) is 13.0. The molecule has 0 spiro atoms. The molecule has 0 unspecified atom stereocenters. The van der Waals surface area contributed by atoms with Crippen LogP contribution in [0.1, 0.15) is 11.1 Å². The molecule has 0 atom stereocenters. The lowest BCUT2D eigenvalue weighted by Gasteiger charge is -2.27. The predicted molar refractivity (Wildman–Crippen MR) is 109 cm³/mol. The highest BCUT2D eigenvalue weighted by Crippen LogP contribution is 2.40. The number of benzene rings is 2. The van der Waals surface area contributed by atoms with Gasteiger partial charge in [0, 0.05) is 0 Å². The first kappa shape index (κ1) is 21.2. The molecular formula is C20H23N2O3PS. The van der Waals surface area contributed by atoms with Crippen LogP contribution < -0.4 is 9.46 Å². The molecule has 0 aliphatic heterocycles. The summed E-state index contributed by atoms with van der Waals surface area (Å²) in [6.07, 6.45) is 7.58. The van der Waals surface area contributed by atoms with Crippen LogP contribution in [0, 0.1) is 0 Å². The van der Waals surface area contributed by atoms with Gasteiger partial charge in [-0.3, -0.25) is 0 Å². The molecule has 5 nitrogen and oxygen atoms in total. The second-order valence-corrected chi connectivity index (χ2v) is 8.43. The third-order valence-electron chi connectivity index (χ3n) is 3.46. The van der Waals surface area contributed by atoms with Crippen LogP contribution in [0.25, 0.3) is 6.20 Å². The summed E-state index contributed by atoms with van der Waals surface area (Å²) in [7, 11) is 1.97. The summed E-state index contributed by atoms with van der Waals surface area (Å²) in [5.74, 6) is 0.